The molecule has 0 aromatic carbocycles. The molecule has 8 heavy (non-hydrogen) atoms. The zero-order chi connectivity index (χ0) is 5.98. The highest BCUT2D eigenvalue weighted by molar-refractivity contribution is 6.18. The van der Waals surface area contributed by atoms with Gasteiger partial charge < -0.3 is 10.1 Å². The molecule has 1 saturated heterocycles. The molecule has 1 N–H and O–H groups in total. The van der Waals surface area contributed by atoms with Crippen LogP contribution < -0.4 is 5.32 Å². The van der Waals surface area contributed by atoms with Crippen molar-refractivity contribution in [3.05, 3.63) is 0 Å². The van der Waals surface area contributed by atoms with Crippen molar-refractivity contribution in [2.24, 2.45) is 0 Å². The number of carbonyl (C=O) groups is 1. The van der Waals surface area contributed by atoms with Gasteiger partial charge in [0.05, 0.1) is 12.4 Å². The van der Waals surface area contributed by atoms with E-state index in [1.165, 1.54) is 0 Å². The number of alkyl carbamates (subject to hydrolysis) is 1. The molecule has 0 aliphatic carbocycles. The lowest BCUT2D eigenvalue weighted by atomic mass is 10.4. The van der Waals surface area contributed by atoms with Crippen LogP contribution in [0, 0.1) is 0 Å². The number of alkyl halides is 1. The van der Waals surface area contributed by atoms with Gasteiger partial charge >= 0.3 is 6.09 Å². The monoisotopic (exact) mass is 135 g/mol. The van der Waals surface area contributed by atoms with Gasteiger partial charge in [0.15, 0.2) is 0 Å². The Balaban J connectivity index is 2.32. The molecule has 1 heterocycles. The highest BCUT2D eigenvalue weighted by atomic mass is 35.5. The minimum absolute atomic E-state index is 0.121. The number of rotatable bonds is 1. The summed E-state index contributed by atoms with van der Waals surface area (Å²) in [5.74, 6) is 0.374. The molecule has 0 aromatic heterocycles. The van der Waals surface area contributed by atoms with Crippen molar-refractivity contribution in [2.45, 2.75) is 6.10 Å². The van der Waals surface area contributed by atoms with E-state index in [9.17, 15) is 4.79 Å². The van der Waals surface area contributed by atoms with Crippen LogP contribution in [0.5, 0.6) is 0 Å². The van der Waals surface area contributed by atoms with Crippen LogP contribution in [0.25, 0.3) is 0 Å². The van der Waals surface area contributed by atoms with E-state index in [-0.39, 0.29) is 12.2 Å². The third-order valence-corrected chi connectivity index (χ3v) is 1.26. The van der Waals surface area contributed by atoms with Gasteiger partial charge in [-0.1, -0.05) is 0 Å². The smallest absolute Gasteiger partial charge is 0.407 e. The van der Waals surface area contributed by atoms with Crippen molar-refractivity contribution in [1.82, 2.24) is 5.32 Å². The van der Waals surface area contributed by atoms with E-state index in [2.05, 4.69) is 10.1 Å². The van der Waals surface area contributed by atoms with E-state index in [0.29, 0.717) is 12.4 Å². The maximum atomic E-state index is 10.2. The topological polar surface area (TPSA) is 38.3 Å². The number of hydrogen-bond donors (Lipinski definition) is 1. The van der Waals surface area contributed by atoms with Gasteiger partial charge in [-0.25, -0.2) is 4.79 Å². The molecule has 0 unspecified atom stereocenters. The van der Waals surface area contributed by atoms with Crippen molar-refractivity contribution in [1.29, 1.82) is 0 Å². The first-order valence-corrected chi connectivity index (χ1v) is 2.87. The Kier molecular flexibility index (Phi) is 1.58. The normalized spacial score (nSPS) is 27.1. The molecule has 3 nitrogen and oxygen atoms in total. The number of hydrogen-bond acceptors (Lipinski definition) is 2. The summed E-state index contributed by atoms with van der Waals surface area (Å²) in [5, 5.41) is 2.47. The molecule has 1 amide bonds. The fourth-order valence-electron chi connectivity index (χ4n) is 0.518. The second-order valence-corrected chi connectivity index (χ2v) is 1.87. The molecule has 1 atom stereocenters. The first-order valence-electron chi connectivity index (χ1n) is 2.33. The van der Waals surface area contributed by atoms with Crippen LogP contribution in [0.4, 0.5) is 4.79 Å². The van der Waals surface area contributed by atoms with E-state index < -0.39 is 0 Å². The van der Waals surface area contributed by atoms with Gasteiger partial charge in [-0.05, 0) is 0 Å². The van der Waals surface area contributed by atoms with Crippen LogP contribution >= 0.6 is 11.6 Å². The van der Waals surface area contributed by atoms with E-state index >= 15 is 0 Å². The largest absolute Gasteiger partial charge is 0.443 e. The van der Waals surface area contributed by atoms with Crippen LogP contribution in [0.15, 0.2) is 0 Å². The minimum atomic E-state index is -0.365. The van der Waals surface area contributed by atoms with E-state index in [1.54, 1.807) is 0 Å². The summed E-state index contributed by atoms with van der Waals surface area (Å²) < 4.78 is 4.63. The summed E-state index contributed by atoms with van der Waals surface area (Å²) in [7, 11) is 0. The van der Waals surface area contributed by atoms with Crippen molar-refractivity contribution >= 4 is 17.7 Å². The van der Waals surface area contributed by atoms with Gasteiger partial charge in [0.1, 0.15) is 6.10 Å². The molecule has 0 bridgehead atoms. The van der Waals surface area contributed by atoms with Crippen molar-refractivity contribution < 1.29 is 9.53 Å². The molecule has 0 saturated carbocycles. The molecule has 4 heteroatoms. The van der Waals surface area contributed by atoms with Crippen LogP contribution in [-0.2, 0) is 4.74 Å². The van der Waals surface area contributed by atoms with Crippen LogP contribution in [0.1, 0.15) is 0 Å². The van der Waals surface area contributed by atoms with Gasteiger partial charge in [-0.2, -0.15) is 0 Å². The summed E-state index contributed by atoms with van der Waals surface area (Å²) in [6, 6.07) is 0. The number of cyclic esters (lactones) is 1. The predicted octanol–water partition coefficient (Wildman–Crippen LogP) is 0.334. The maximum Gasteiger partial charge on any atom is 0.407 e. The van der Waals surface area contributed by atoms with Crippen LogP contribution in [0.2, 0.25) is 0 Å². The van der Waals surface area contributed by atoms with Crippen LogP contribution in [0.3, 0.4) is 0 Å². The number of carbonyl (C=O) groups excluding carboxylic acids is 1. The van der Waals surface area contributed by atoms with Crippen molar-refractivity contribution in [3.8, 4) is 0 Å². The summed E-state index contributed by atoms with van der Waals surface area (Å²) in [6.45, 7) is 0.544. The Morgan fingerprint density at radius 3 is 3.00 bits per heavy atom. The minimum Gasteiger partial charge on any atom is -0.443 e. The molecule has 0 radical (unpaired) electrons. The van der Waals surface area contributed by atoms with Gasteiger partial charge in [0.25, 0.3) is 0 Å². The molecule has 0 spiro atoms. The second kappa shape index (κ2) is 2.22. The van der Waals surface area contributed by atoms with Crippen molar-refractivity contribution in [3.63, 3.8) is 0 Å². The first-order chi connectivity index (χ1) is 3.83. The van der Waals surface area contributed by atoms with Gasteiger partial charge in [-0.3, -0.25) is 0 Å². The Bertz CT molecular complexity index is 106. The molecule has 1 fully saturated rings. The zero-order valence-corrected chi connectivity index (χ0v) is 4.94. The summed E-state index contributed by atoms with van der Waals surface area (Å²) in [6.07, 6.45) is -0.486. The predicted molar refractivity (Wildman–Crippen MR) is 29.0 cm³/mol. The van der Waals surface area contributed by atoms with Crippen LogP contribution in [-0.4, -0.2) is 24.6 Å². The van der Waals surface area contributed by atoms with Gasteiger partial charge in [0, 0.05) is 0 Å². The lowest BCUT2D eigenvalue weighted by Gasteiger charge is -1.97. The molecular weight excluding hydrogens is 130 g/mol. The fraction of sp³-hybridized carbons (Fsp3) is 0.750. The lowest BCUT2D eigenvalue weighted by Crippen LogP contribution is -2.15. The number of amides is 1. The third kappa shape index (κ3) is 1.04. The SMILES string of the molecule is O=C1NC[C@H](CCl)O1. The average Bonchev–Trinajstić information content (AvgIpc) is 2.14. The Morgan fingerprint density at radius 2 is 2.75 bits per heavy atom. The summed E-state index contributed by atoms with van der Waals surface area (Å²) >= 11 is 5.36. The molecular formula is C4H6ClNO2. The first kappa shape index (κ1) is 5.69. The number of nitrogens with one attached hydrogen (secondary N) is 1. The summed E-state index contributed by atoms with van der Waals surface area (Å²) in [5.41, 5.74) is 0. The molecule has 1 rings (SSSR count). The van der Waals surface area contributed by atoms with E-state index in [0.717, 1.165) is 0 Å². The zero-order valence-electron chi connectivity index (χ0n) is 4.19. The Hall–Kier alpha value is -0.440. The Labute approximate surface area is 52.0 Å². The highest BCUT2D eigenvalue weighted by Gasteiger charge is 2.20. The lowest BCUT2D eigenvalue weighted by molar-refractivity contribution is 0.149. The molecule has 46 valence electrons. The molecule has 0 aromatic rings. The molecule has 1 aliphatic heterocycles. The van der Waals surface area contributed by atoms with Gasteiger partial charge in [-0.15, -0.1) is 11.6 Å². The third-order valence-electron chi connectivity index (χ3n) is 0.920. The molecule has 1 aliphatic rings. The second-order valence-electron chi connectivity index (χ2n) is 1.56. The number of halogens is 1. The standard InChI is InChI=1S/C4H6ClNO2/c5-1-3-2-6-4(7)8-3/h3H,1-2H2,(H,6,7)/t3-/m0/s1. The Morgan fingerprint density at radius 1 is 2.00 bits per heavy atom. The van der Waals surface area contributed by atoms with E-state index in [1.807, 2.05) is 0 Å². The van der Waals surface area contributed by atoms with E-state index in [4.69, 9.17) is 11.6 Å². The quantitative estimate of drug-likeness (QED) is 0.527. The average molecular weight is 136 g/mol. The maximum absolute atomic E-state index is 10.2. The number of ether oxygens (including phenoxy) is 1. The summed E-state index contributed by atoms with van der Waals surface area (Å²) in [4.78, 5) is 10.2. The fourth-order valence-corrected chi connectivity index (χ4v) is 0.690. The van der Waals surface area contributed by atoms with Gasteiger partial charge in [0.2, 0.25) is 0 Å². The highest BCUT2D eigenvalue weighted by Crippen LogP contribution is 2.00. The van der Waals surface area contributed by atoms with Crippen molar-refractivity contribution in [2.75, 3.05) is 12.4 Å².